The number of nitrogens with zero attached hydrogens (tertiary/aromatic N) is 2. The molecule has 5 heteroatoms. The van der Waals surface area contributed by atoms with Gasteiger partial charge in [-0.2, -0.15) is 0 Å². The smallest absolute Gasteiger partial charge is 0.242 e. The van der Waals surface area contributed by atoms with E-state index in [1.54, 1.807) is 21.9 Å². The Hall–Kier alpha value is -1.91. The average molecular weight is 278 g/mol. The normalized spacial score (nSPS) is 15.9. The molecular weight excluding hydrogens is 259 g/mol. The van der Waals surface area contributed by atoms with Gasteiger partial charge in [-0.05, 0) is 31.5 Å². The zero-order valence-corrected chi connectivity index (χ0v) is 11.8. The zero-order valence-electron chi connectivity index (χ0n) is 11.8. The van der Waals surface area contributed by atoms with E-state index in [1.165, 1.54) is 12.1 Å². The predicted octanol–water partition coefficient (Wildman–Crippen LogP) is 1.45. The molecule has 1 saturated heterocycles. The Morgan fingerprint density at radius 3 is 2.70 bits per heavy atom. The van der Waals surface area contributed by atoms with Gasteiger partial charge >= 0.3 is 0 Å². The Morgan fingerprint density at radius 2 is 2.10 bits per heavy atom. The number of benzene rings is 1. The Morgan fingerprint density at radius 1 is 1.35 bits per heavy atom. The van der Waals surface area contributed by atoms with Crippen LogP contribution in [-0.2, 0) is 16.0 Å². The first-order valence-electron chi connectivity index (χ1n) is 6.79. The Kier molecular flexibility index (Phi) is 4.37. The average Bonchev–Trinajstić information content (AvgIpc) is 2.38. The summed E-state index contributed by atoms with van der Waals surface area (Å²) < 4.78 is 13.1. The van der Waals surface area contributed by atoms with Gasteiger partial charge in [-0.3, -0.25) is 9.59 Å². The van der Waals surface area contributed by atoms with Gasteiger partial charge in [-0.15, -0.1) is 0 Å². The molecule has 1 aliphatic heterocycles. The molecule has 0 spiro atoms. The van der Waals surface area contributed by atoms with Gasteiger partial charge in [-0.1, -0.05) is 12.1 Å². The van der Waals surface area contributed by atoms with Gasteiger partial charge in [0, 0.05) is 19.1 Å². The molecule has 0 saturated carbocycles. The SMILES string of the molecule is CC(C)N1CCN(C(=O)Cc2cccc(F)c2)CC1=O. The minimum absolute atomic E-state index is 0.0288. The van der Waals surface area contributed by atoms with E-state index in [1.807, 2.05) is 13.8 Å². The summed E-state index contributed by atoms with van der Waals surface area (Å²) in [5.74, 6) is -0.512. The first-order chi connectivity index (χ1) is 9.47. The monoisotopic (exact) mass is 278 g/mol. The number of amides is 2. The first kappa shape index (κ1) is 14.5. The lowest BCUT2D eigenvalue weighted by molar-refractivity contribution is -0.146. The van der Waals surface area contributed by atoms with Crippen LogP contribution in [0, 0.1) is 5.82 Å². The standard InChI is InChI=1S/C15H19FN2O2/c1-11(2)18-7-6-17(10-15(18)20)14(19)9-12-4-3-5-13(16)8-12/h3-5,8,11H,6-7,9-10H2,1-2H3. The van der Waals surface area contributed by atoms with E-state index in [0.29, 0.717) is 18.7 Å². The molecule has 0 N–H and O–H groups in total. The molecule has 0 unspecified atom stereocenters. The molecular formula is C15H19FN2O2. The van der Waals surface area contributed by atoms with E-state index in [4.69, 9.17) is 0 Å². The van der Waals surface area contributed by atoms with Crippen LogP contribution in [0.4, 0.5) is 4.39 Å². The number of piperazine rings is 1. The molecule has 1 aliphatic rings. The Bertz CT molecular complexity index is 516. The second kappa shape index (κ2) is 6.03. The number of halogens is 1. The summed E-state index contributed by atoms with van der Waals surface area (Å²) in [4.78, 5) is 27.4. The topological polar surface area (TPSA) is 40.6 Å². The van der Waals surface area contributed by atoms with Gasteiger partial charge < -0.3 is 9.80 Å². The van der Waals surface area contributed by atoms with Crippen molar-refractivity contribution in [2.24, 2.45) is 0 Å². The highest BCUT2D eigenvalue weighted by atomic mass is 19.1. The van der Waals surface area contributed by atoms with E-state index in [0.717, 1.165) is 0 Å². The second-order valence-corrected chi connectivity index (χ2v) is 5.30. The van der Waals surface area contributed by atoms with Crippen molar-refractivity contribution in [1.29, 1.82) is 0 Å². The summed E-state index contributed by atoms with van der Waals surface area (Å²) >= 11 is 0. The highest BCUT2D eigenvalue weighted by Crippen LogP contribution is 2.11. The Balaban J connectivity index is 1.96. The van der Waals surface area contributed by atoms with E-state index in [-0.39, 0.29) is 36.6 Å². The molecule has 1 aromatic carbocycles. The molecule has 20 heavy (non-hydrogen) atoms. The van der Waals surface area contributed by atoms with Crippen molar-refractivity contribution in [3.63, 3.8) is 0 Å². The van der Waals surface area contributed by atoms with Crippen molar-refractivity contribution in [3.05, 3.63) is 35.6 Å². The number of rotatable bonds is 3. The number of carbonyl (C=O) groups is 2. The van der Waals surface area contributed by atoms with Gasteiger partial charge in [-0.25, -0.2) is 4.39 Å². The van der Waals surface area contributed by atoms with E-state index < -0.39 is 0 Å². The predicted molar refractivity (Wildman–Crippen MR) is 73.5 cm³/mol. The van der Waals surface area contributed by atoms with Crippen LogP contribution < -0.4 is 0 Å². The van der Waals surface area contributed by atoms with Gasteiger partial charge in [0.2, 0.25) is 11.8 Å². The summed E-state index contributed by atoms with van der Waals surface area (Å²) in [6.07, 6.45) is 0.132. The van der Waals surface area contributed by atoms with Crippen LogP contribution in [-0.4, -0.2) is 47.3 Å². The summed E-state index contributed by atoms with van der Waals surface area (Å²) in [6.45, 7) is 5.14. The fourth-order valence-electron chi connectivity index (χ4n) is 2.38. The minimum Gasteiger partial charge on any atom is -0.337 e. The summed E-state index contributed by atoms with van der Waals surface area (Å²) in [6, 6.07) is 6.15. The van der Waals surface area contributed by atoms with E-state index >= 15 is 0 Å². The summed E-state index contributed by atoms with van der Waals surface area (Å²) in [7, 11) is 0. The van der Waals surface area contributed by atoms with Crippen LogP contribution in [0.15, 0.2) is 24.3 Å². The summed E-state index contributed by atoms with van der Waals surface area (Å²) in [5.41, 5.74) is 0.633. The highest BCUT2D eigenvalue weighted by Gasteiger charge is 2.28. The lowest BCUT2D eigenvalue weighted by Crippen LogP contribution is -2.54. The van der Waals surface area contributed by atoms with Gasteiger partial charge in [0.05, 0.1) is 13.0 Å². The molecule has 0 atom stereocenters. The molecule has 108 valence electrons. The van der Waals surface area contributed by atoms with Gasteiger partial charge in [0.15, 0.2) is 0 Å². The fourth-order valence-corrected chi connectivity index (χ4v) is 2.38. The molecule has 1 aromatic rings. The van der Waals surface area contributed by atoms with Gasteiger partial charge in [0.1, 0.15) is 5.82 Å². The van der Waals surface area contributed by atoms with Crippen molar-refractivity contribution in [3.8, 4) is 0 Å². The maximum absolute atomic E-state index is 13.1. The Labute approximate surface area is 118 Å². The zero-order chi connectivity index (χ0) is 14.7. The van der Waals surface area contributed by atoms with Crippen LogP contribution in [0.5, 0.6) is 0 Å². The van der Waals surface area contributed by atoms with Crippen LogP contribution in [0.3, 0.4) is 0 Å². The van der Waals surface area contributed by atoms with Crippen molar-refractivity contribution < 1.29 is 14.0 Å². The van der Waals surface area contributed by atoms with Crippen LogP contribution in [0.25, 0.3) is 0 Å². The largest absolute Gasteiger partial charge is 0.337 e. The second-order valence-electron chi connectivity index (χ2n) is 5.30. The van der Waals surface area contributed by atoms with E-state index in [2.05, 4.69) is 0 Å². The minimum atomic E-state index is -0.351. The number of carbonyl (C=O) groups excluding carboxylic acids is 2. The highest BCUT2D eigenvalue weighted by molar-refractivity contribution is 5.87. The quantitative estimate of drug-likeness (QED) is 0.839. The lowest BCUT2D eigenvalue weighted by Gasteiger charge is -2.36. The summed E-state index contributed by atoms with van der Waals surface area (Å²) in [5, 5.41) is 0. The maximum Gasteiger partial charge on any atom is 0.242 e. The van der Waals surface area contributed by atoms with Crippen LogP contribution in [0.2, 0.25) is 0 Å². The molecule has 0 aromatic heterocycles. The van der Waals surface area contributed by atoms with E-state index in [9.17, 15) is 14.0 Å². The third-order valence-corrected chi connectivity index (χ3v) is 3.48. The van der Waals surface area contributed by atoms with Crippen molar-refractivity contribution in [1.82, 2.24) is 9.80 Å². The lowest BCUT2D eigenvalue weighted by atomic mass is 10.1. The van der Waals surface area contributed by atoms with Crippen molar-refractivity contribution in [2.45, 2.75) is 26.3 Å². The number of hydrogen-bond donors (Lipinski definition) is 0. The number of hydrogen-bond acceptors (Lipinski definition) is 2. The van der Waals surface area contributed by atoms with Crippen molar-refractivity contribution in [2.75, 3.05) is 19.6 Å². The third kappa shape index (κ3) is 3.35. The molecule has 1 heterocycles. The molecule has 0 bridgehead atoms. The van der Waals surface area contributed by atoms with Gasteiger partial charge in [0.25, 0.3) is 0 Å². The van der Waals surface area contributed by atoms with Crippen LogP contribution in [0.1, 0.15) is 19.4 Å². The molecule has 1 fully saturated rings. The fraction of sp³-hybridized carbons (Fsp3) is 0.467. The molecule has 0 aliphatic carbocycles. The van der Waals surface area contributed by atoms with Crippen molar-refractivity contribution >= 4 is 11.8 Å². The molecule has 0 radical (unpaired) electrons. The maximum atomic E-state index is 13.1. The van der Waals surface area contributed by atoms with Crippen LogP contribution >= 0.6 is 0 Å². The third-order valence-electron chi connectivity index (χ3n) is 3.48. The first-order valence-corrected chi connectivity index (χ1v) is 6.79. The molecule has 2 amide bonds. The molecule has 4 nitrogen and oxygen atoms in total. The molecule has 2 rings (SSSR count).